The molecule has 1 heterocycles. The molecule has 1 aliphatic rings. The van der Waals surface area contributed by atoms with Gasteiger partial charge in [-0.3, -0.25) is 9.78 Å². The minimum Gasteiger partial charge on any atom is -0.352 e. The van der Waals surface area contributed by atoms with Gasteiger partial charge in [0.05, 0.1) is 0 Å². The standard InChI is InChI=1S/C12H17N3O/c13-11-4-3-10(6-11)12(16)15-8-9-2-1-5-14-7-9/h1-2,5,7,10-11H,3-4,6,8,13H2,(H,15,16). The van der Waals surface area contributed by atoms with Gasteiger partial charge in [-0.2, -0.15) is 0 Å². The highest BCUT2D eigenvalue weighted by Crippen LogP contribution is 2.24. The Hall–Kier alpha value is -1.42. The van der Waals surface area contributed by atoms with Gasteiger partial charge in [-0.25, -0.2) is 0 Å². The van der Waals surface area contributed by atoms with Crippen LogP contribution in [0, 0.1) is 5.92 Å². The van der Waals surface area contributed by atoms with Crippen molar-refractivity contribution in [3.63, 3.8) is 0 Å². The maximum atomic E-state index is 11.8. The molecule has 16 heavy (non-hydrogen) atoms. The third kappa shape index (κ3) is 2.79. The topological polar surface area (TPSA) is 68.0 Å². The van der Waals surface area contributed by atoms with Gasteiger partial charge in [-0.1, -0.05) is 6.07 Å². The number of aromatic nitrogens is 1. The van der Waals surface area contributed by atoms with Crippen LogP contribution in [0.1, 0.15) is 24.8 Å². The van der Waals surface area contributed by atoms with Gasteiger partial charge in [0, 0.05) is 30.9 Å². The van der Waals surface area contributed by atoms with E-state index in [0.29, 0.717) is 6.54 Å². The van der Waals surface area contributed by atoms with Crippen LogP contribution in [-0.2, 0) is 11.3 Å². The predicted octanol–water partition coefficient (Wildman–Crippen LogP) is 0.825. The monoisotopic (exact) mass is 219 g/mol. The van der Waals surface area contributed by atoms with Crippen LogP contribution >= 0.6 is 0 Å². The maximum Gasteiger partial charge on any atom is 0.223 e. The van der Waals surface area contributed by atoms with Crippen molar-refractivity contribution in [2.24, 2.45) is 11.7 Å². The van der Waals surface area contributed by atoms with Crippen LogP contribution in [0.25, 0.3) is 0 Å². The van der Waals surface area contributed by atoms with Gasteiger partial charge < -0.3 is 11.1 Å². The van der Waals surface area contributed by atoms with E-state index in [4.69, 9.17) is 5.73 Å². The number of hydrogen-bond donors (Lipinski definition) is 2. The molecule has 0 aromatic carbocycles. The highest BCUT2D eigenvalue weighted by Gasteiger charge is 2.27. The van der Waals surface area contributed by atoms with Crippen LogP contribution in [0.4, 0.5) is 0 Å². The first-order valence-corrected chi connectivity index (χ1v) is 5.68. The van der Waals surface area contributed by atoms with E-state index in [1.54, 1.807) is 12.4 Å². The van der Waals surface area contributed by atoms with Gasteiger partial charge in [0.25, 0.3) is 0 Å². The highest BCUT2D eigenvalue weighted by atomic mass is 16.1. The van der Waals surface area contributed by atoms with Crippen LogP contribution in [0.2, 0.25) is 0 Å². The lowest BCUT2D eigenvalue weighted by Crippen LogP contribution is -2.30. The summed E-state index contributed by atoms with van der Waals surface area (Å²) in [7, 11) is 0. The largest absolute Gasteiger partial charge is 0.352 e. The number of amides is 1. The number of nitrogens with zero attached hydrogens (tertiary/aromatic N) is 1. The molecule has 4 heteroatoms. The fourth-order valence-corrected chi connectivity index (χ4v) is 2.09. The predicted molar refractivity (Wildman–Crippen MR) is 61.4 cm³/mol. The minimum atomic E-state index is 0.103. The van der Waals surface area contributed by atoms with Gasteiger partial charge in [0.1, 0.15) is 0 Å². The van der Waals surface area contributed by atoms with E-state index < -0.39 is 0 Å². The van der Waals surface area contributed by atoms with E-state index >= 15 is 0 Å². The number of pyridine rings is 1. The Morgan fingerprint density at radius 1 is 1.56 bits per heavy atom. The maximum absolute atomic E-state index is 11.8. The molecule has 4 nitrogen and oxygen atoms in total. The van der Waals surface area contributed by atoms with Gasteiger partial charge in [0.15, 0.2) is 0 Å². The van der Waals surface area contributed by atoms with Crippen molar-refractivity contribution in [2.45, 2.75) is 31.8 Å². The molecule has 1 aliphatic carbocycles. The van der Waals surface area contributed by atoms with Gasteiger partial charge in [-0.05, 0) is 30.9 Å². The molecule has 0 bridgehead atoms. The van der Waals surface area contributed by atoms with Gasteiger partial charge >= 0.3 is 0 Å². The molecular formula is C12H17N3O. The summed E-state index contributed by atoms with van der Waals surface area (Å²) in [4.78, 5) is 15.8. The molecule has 2 rings (SSSR count). The molecule has 1 aromatic rings. The zero-order valence-corrected chi connectivity index (χ0v) is 9.23. The average molecular weight is 219 g/mol. The van der Waals surface area contributed by atoms with E-state index in [0.717, 1.165) is 24.8 Å². The number of nitrogens with one attached hydrogen (secondary N) is 1. The van der Waals surface area contributed by atoms with E-state index in [1.165, 1.54) is 0 Å². The normalized spacial score (nSPS) is 24.3. The second-order valence-electron chi connectivity index (χ2n) is 4.35. The van der Waals surface area contributed by atoms with Crippen molar-refractivity contribution in [3.8, 4) is 0 Å². The SMILES string of the molecule is NC1CCC(C(=O)NCc2cccnc2)C1. The van der Waals surface area contributed by atoms with Crippen molar-refractivity contribution >= 4 is 5.91 Å². The molecule has 2 unspecified atom stereocenters. The molecule has 2 atom stereocenters. The zero-order valence-electron chi connectivity index (χ0n) is 9.23. The fourth-order valence-electron chi connectivity index (χ4n) is 2.09. The van der Waals surface area contributed by atoms with Crippen molar-refractivity contribution in [2.75, 3.05) is 0 Å². The van der Waals surface area contributed by atoms with Crippen molar-refractivity contribution in [1.82, 2.24) is 10.3 Å². The molecule has 0 spiro atoms. The molecule has 0 saturated heterocycles. The molecule has 0 radical (unpaired) electrons. The van der Waals surface area contributed by atoms with Crippen LogP contribution < -0.4 is 11.1 Å². The Bertz CT molecular complexity index is 353. The van der Waals surface area contributed by atoms with Crippen LogP contribution in [0.3, 0.4) is 0 Å². The van der Waals surface area contributed by atoms with E-state index in [1.807, 2.05) is 12.1 Å². The quantitative estimate of drug-likeness (QED) is 0.791. The lowest BCUT2D eigenvalue weighted by atomic mass is 10.1. The number of nitrogens with two attached hydrogens (primary N) is 1. The Balaban J connectivity index is 1.80. The number of carbonyl (C=O) groups is 1. The van der Waals surface area contributed by atoms with Crippen molar-refractivity contribution in [1.29, 1.82) is 0 Å². The fraction of sp³-hybridized carbons (Fsp3) is 0.500. The Morgan fingerprint density at radius 2 is 2.44 bits per heavy atom. The molecule has 3 N–H and O–H groups in total. The van der Waals surface area contributed by atoms with Crippen LogP contribution in [0.5, 0.6) is 0 Å². The minimum absolute atomic E-state index is 0.103. The Morgan fingerprint density at radius 3 is 3.06 bits per heavy atom. The molecule has 0 aliphatic heterocycles. The summed E-state index contributed by atoms with van der Waals surface area (Å²) >= 11 is 0. The van der Waals surface area contributed by atoms with E-state index in [-0.39, 0.29) is 17.9 Å². The third-order valence-electron chi connectivity index (χ3n) is 3.03. The summed E-state index contributed by atoms with van der Waals surface area (Å²) < 4.78 is 0. The smallest absolute Gasteiger partial charge is 0.223 e. The first kappa shape index (κ1) is 11.1. The summed E-state index contributed by atoms with van der Waals surface area (Å²) in [6.07, 6.45) is 6.19. The summed E-state index contributed by atoms with van der Waals surface area (Å²) in [5, 5.41) is 2.93. The summed E-state index contributed by atoms with van der Waals surface area (Å²) in [6.45, 7) is 0.554. The first-order valence-electron chi connectivity index (χ1n) is 5.68. The average Bonchev–Trinajstić information content (AvgIpc) is 2.74. The molecule has 1 fully saturated rings. The molecule has 86 valence electrons. The first-order chi connectivity index (χ1) is 7.75. The summed E-state index contributed by atoms with van der Waals surface area (Å²) in [5.41, 5.74) is 6.81. The van der Waals surface area contributed by atoms with E-state index in [2.05, 4.69) is 10.3 Å². The van der Waals surface area contributed by atoms with Crippen LogP contribution in [0.15, 0.2) is 24.5 Å². The molecule has 1 saturated carbocycles. The van der Waals surface area contributed by atoms with Crippen molar-refractivity contribution < 1.29 is 4.79 Å². The van der Waals surface area contributed by atoms with Gasteiger partial charge in [-0.15, -0.1) is 0 Å². The van der Waals surface area contributed by atoms with E-state index in [9.17, 15) is 4.79 Å². The van der Waals surface area contributed by atoms with Gasteiger partial charge in [0.2, 0.25) is 5.91 Å². The molecule has 1 amide bonds. The summed E-state index contributed by atoms with van der Waals surface area (Å²) in [5.74, 6) is 0.225. The Labute approximate surface area is 95.3 Å². The lowest BCUT2D eigenvalue weighted by Gasteiger charge is -2.10. The Kier molecular flexibility index (Phi) is 3.51. The second kappa shape index (κ2) is 5.07. The molecule has 1 aromatic heterocycles. The molecular weight excluding hydrogens is 202 g/mol. The lowest BCUT2D eigenvalue weighted by molar-refractivity contribution is -0.125. The zero-order chi connectivity index (χ0) is 11.4. The second-order valence-corrected chi connectivity index (χ2v) is 4.35. The number of rotatable bonds is 3. The third-order valence-corrected chi connectivity index (χ3v) is 3.03. The number of carbonyl (C=O) groups excluding carboxylic acids is 1. The number of hydrogen-bond acceptors (Lipinski definition) is 3. The highest BCUT2D eigenvalue weighted by molar-refractivity contribution is 5.78. The summed E-state index contributed by atoms with van der Waals surface area (Å²) in [6, 6.07) is 4.02. The van der Waals surface area contributed by atoms with Crippen LogP contribution in [-0.4, -0.2) is 16.9 Å². The van der Waals surface area contributed by atoms with Crippen molar-refractivity contribution in [3.05, 3.63) is 30.1 Å².